The minimum atomic E-state index is -0.787. The zero-order chi connectivity index (χ0) is 22.2. The summed E-state index contributed by atoms with van der Waals surface area (Å²) in [4.78, 5) is 24.8. The molecule has 0 bridgehead atoms. The summed E-state index contributed by atoms with van der Waals surface area (Å²) >= 11 is 6.18. The Morgan fingerprint density at radius 2 is 1.84 bits per heavy atom. The Morgan fingerprint density at radius 3 is 2.58 bits per heavy atom. The van der Waals surface area contributed by atoms with Crippen LogP contribution in [-0.4, -0.2) is 24.5 Å². The van der Waals surface area contributed by atoms with Crippen molar-refractivity contribution in [3.8, 4) is 5.75 Å². The normalized spacial score (nSPS) is 14.2. The summed E-state index contributed by atoms with van der Waals surface area (Å²) in [6.07, 6.45) is 5.80. The average Bonchev–Trinajstić information content (AvgIpc) is 2.74. The van der Waals surface area contributed by atoms with E-state index in [9.17, 15) is 18.4 Å². The van der Waals surface area contributed by atoms with Gasteiger partial charge in [0.15, 0.2) is 11.6 Å². The van der Waals surface area contributed by atoms with E-state index < -0.39 is 11.6 Å². The van der Waals surface area contributed by atoms with E-state index in [2.05, 4.69) is 10.6 Å². The fraction of sp³-hybridized carbons (Fsp3) is 0.391. The van der Waals surface area contributed by atoms with Crippen molar-refractivity contribution in [2.45, 2.75) is 51.0 Å². The van der Waals surface area contributed by atoms with Gasteiger partial charge >= 0.3 is 0 Å². The van der Waals surface area contributed by atoms with Crippen LogP contribution in [-0.2, 0) is 4.79 Å². The highest BCUT2D eigenvalue weighted by atomic mass is 35.5. The summed E-state index contributed by atoms with van der Waals surface area (Å²) in [5, 5.41) is 6.06. The number of benzene rings is 2. The minimum Gasteiger partial charge on any atom is -0.491 e. The number of carbonyl (C=O) groups is 2. The molecule has 31 heavy (non-hydrogen) atoms. The number of hydrogen-bond acceptors (Lipinski definition) is 3. The van der Waals surface area contributed by atoms with Crippen molar-refractivity contribution in [2.75, 3.05) is 11.9 Å². The molecule has 166 valence electrons. The van der Waals surface area contributed by atoms with Crippen molar-refractivity contribution in [3.05, 3.63) is 58.6 Å². The number of amides is 2. The molecule has 5 nitrogen and oxygen atoms in total. The van der Waals surface area contributed by atoms with Crippen molar-refractivity contribution in [1.29, 1.82) is 0 Å². The van der Waals surface area contributed by atoms with Crippen molar-refractivity contribution < 1.29 is 23.1 Å². The first-order chi connectivity index (χ1) is 14.9. The molecule has 0 saturated heterocycles. The Morgan fingerprint density at radius 1 is 1.06 bits per heavy atom. The number of rotatable bonds is 8. The molecule has 2 N–H and O–H groups in total. The number of carbonyl (C=O) groups excluding carboxylic acids is 2. The van der Waals surface area contributed by atoms with Gasteiger partial charge in [-0.1, -0.05) is 30.9 Å². The Labute approximate surface area is 185 Å². The van der Waals surface area contributed by atoms with E-state index in [1.165, 1.54) is 12.5 Å². The average molecular weight is 451 g/mol. The SMILES string of the molecule is O=C(CCCOc1ccc(F)cc1F)Nc1ccc(Cl)c(C(=O)NC2CCCCC2)c1. The van der Waals surface area contributed by atoms with Gasteiger partial charge in [-0.25, -0.2) is 8.78 Å². The number of nitrogens with one attached hydrogen (secondary N) is 2. The Hall–Kier alpha value is -2.67. The highest BCUT2D eigenvalue weighted by Crippen LogP contribution is 2.23. The maximum Gasteiger partial charge on any atom is 0.253 e. The van der Waals surface area contributed by atoms with E-state index in [4.69, 9.17) is 16.3 Å². The van der Waals surface area contributed by atoms with Crippen LogP contribution < -0.4 is 15.4 Å². The van der Waals surface area contributed by atoms with E-state index in [0.29, 0.717) is 22.7 Å². The lowest BCUT2D eigenvalue weighted by Crippen LogP contribution is -2.36. The second-order valence-corrected chi connectivity index (χ2v) is 7.99. The lowest BCUT2D eigenvalue weighted by molar-refractivity contribution is -0.116. The number of hydrogen-bond donors (Lipinski definition) is 2. The first-order valence-corrected chi connectivity index (χ1v) is 10.8. The van der Waals surface area contributed by atoms with Crippen LogP contribution in [0.5, 0.6) is 5.75 Å². The van der Waals surface area contributed by atoms with Crippen LogP contribution in [0.25, 0.3) is 0 Å². The Kier molecular flexibility index (Phi) is 8.23. The predicted molar refractivity (Wildman–Crippen MR) is 116 cm³/mol. The first-order valence-electron chi connectivity index (χ1n) is 10.4. The van der Waals surface area contributed by atoms with Gasteiger partial charge < -0.3 is 15.4 Å². The highest BCUT2D eigenvalue weighted by Gasteiger charge is 2.19. The van der Waals surface area contributed by atoms with Gasteiger partial charge in [-0.15, -0.1) is 0 Å². The molecule has 0 unspecified atom stereocenters. The number of halogens is 3. The van der Waals surface area contributed by atoms with Crippen LogP contribution in [0.4, 0.5) is 14.5 Å². The monoisotopic (exact) mass is 450 g/mol. The fourth-order valence-corrected chi connectivity index (χ4v) is 3.72. The van der Waals surface area contributed by atoms with Gasteiger partial charge in [-0.3, -0.25) is 9.59 Å². The molecule has 1 fully saturated rings. The minimum absolute atomic E-state index is 0.0619. The summed E-state index contributed by atoms with van der Waals surface area (Å²) in [6, 6.07) is 7.97. The molecule has 1 aliphatic rings. The number of ether oxygens (including phenoxy) is 1. The fourth-order valence-electron chi connectivity index (χ4n) is 3.52. The van der Waals surface area contributed by atoms with Crippen molar-refractivity contribution in [1.82, 2.24) is 5.32 Å². The molecular formula is C23H25ClF2N2O3. The Balaban J connectivity index is 1.48. The molecule has 0 aliphatic heterocycles. The highest BCUT2D eigenvalue weighted by molar-refractivity contribution is 6.34. The molecule has 8 heteroatoms. The van der Waals surface area contributed by atoms with Crippen molar-refractivity contribution in [2.24, 2.45) is 0 Å². The lowest BCUT2D eigenvalue weighted by Gasteiger charge is -2.23. The number of anilines is 1. The molecular weight excluding hydrogens is 426 g/mol. The topological polar surface area (TPSA) is 67.4 Å². The zero-order valence-corrected chi connectivity index (χ0v) is 17.8. The van der Waals surface area contributed by atoms with Gasteiger partial charge in [0.05, 0.1) is 17.2 Å². The van der Waals surface area contributed by atoms with Crippen LogP contribution in [0.1, 0.15) is 55.3 Å². The molecule has 0 heterocycles. The first kappa shape index (κ1) is 23.0. The van der Waals surface area contributed by atoms with Gasteiger partial charge in [0.2, 0.25) is 5.91 Å². The second kappa shape index (κ2) is 11.1. The molecule has 2 aromatic rings. The van der Waals surface area contributed by atoms with Crippen molar-refractivity contribution >= 4 is 29.1 Å². The van der Waals surface area contributed by atoms with Gasteiger partial charge in [-0.2, -0.15) is 0 Å². The van der Waals surface area contributed by atoms with Gasteiger partial charge in [-0.05, 0) is 49.6 Å². The van der Waals surface area contributed by atoms with Crippen LogP contribution in [0, 0.1) is 11.6 Å². The summed E-state index contributed by atoms with van der Waals surface area (Å²) < 4.78 is 31.6. The third-order valence-corrected chi connectivity index (χ3v) is 5.46. The zero-order valence-electron chi connectivity index (χ0n) is 17.1. The molecule has 2 aromatic carbocycles. The predicted octanol–water partition coefficient (Wildman–Crippen LogP) is 5.48. The molecule has 1 aliphatic carbocycles. The maximum atomic E-state index is 13.5. The molecule has 3 rings (SSSR count). The second-order valence-electron chi connectivity index (χ2n) is 7.58. The summed E-state index contributed by atoms with van der Waals surface area (Å²) in [5.74, 6) is -2.05. The van der Waals surface area contributed by atoms with Gasteiger partial charge in [0.25, 0.3) is 5.91 Å². The van der Waals surface area contributed by atoms with E-state index in [0.717, 1.165) is 37.8 Å². The van der Waals surface area contributed by atoms with E-state index in [1.54, 1.807) is 18.2 Å². The molecule has 0 aromatic heterocycles. The Bertz CT molecular complexity index is 933. The third kappa shape index (κ3) is 6.92. The molecule has 0 radical (unpaired) electrons. The standard InChI is InChI=1S/C23H25ClF2N2O3/c24-19-10-9-17(14-18(19)23(30)28-16-5-2-1-3-6-16)27-22(29)7-4-12-31-21-11-8-15(25)13-20(21)26/h8-11,13-14,16H,1-7,12H2,(H,27,29)(H,28,30). The van der Waals surface area contributed by atoms with Crippen molar-refractivity contribution in [3.63, 3.8) is 0 Å². The maximum absolute atomic E-state index is 13.5. The lowest BCUT2D eigenvalue weighted by atomic mass is 9.95. The molecule has 1 saturated carbocycles. The smallest absolute Gasteiger partial charge is 0.253 e. The quantitative estimate of drug-likeness (QED) is 0.523. The molecule has 0 atom stereocenters. The van der Waals surface area contributed by atoms with Crippen LogP contribution in [0.2, 0.25) is 5.02 Å². The van der Waals surface area contributed by atoms with E-state index in [1.807, 2.05) is 0 Å². The third-order valence-electron chi connectivity index (χ3n) is 5.13. The van der Waals surface area contributed by atoms with E-state index in [-0.39, 0.29) is 36.6 Å². The summed E-state index contributed by atoms with van der Waals surface area (Å²) in [5.41, 5.74) is 0.786. The summed E-state index contributed by atoms with van der Waals surface area (Å²) in [6.45, 7) is 0.103. The van der Waals surface area contributed by atoms with Crippen LogP contribution in [0.3, 0.4) is 0 Å². The van der Waals surface area contributed by atoms with Gasteiger partial charge in [0.1, 0.15) is 5.82 Å². The van der Waals surface area contributed by atoms with Crippen LogP contribution >= 0.6 is 11.6 Å². The van der Waals surface area contributed by atoms with Gasteiger partial charge in [0, 0.05) is 24.2 Å². The molecule has 0 spiro atoms. The van der Waals surface area contributed by atoms with E-state index >= 15 is 0 Å². The molecule has 2 amide bonds. The summed E-state index contributed by atoms with van der Waals surface area (Å²) in [7, 11) is 0. The van der Waals surface area contributed by atoms with Crippen LogP contribution in [0.15, 0.2) is 36.4 Å². The largest absolute Gasteiger partial charge is 0.491 e.